The van der Waals surface area contributed by atoms with Crippen LogP contribution in [0.2, 0.25) is 0 Å². The van der Waals surface area contributed by atoms with Crippen LogP contribution in [-0.4, -0.2) is 65.6 Å². The third-order valence-corrected chi connectivity index (χ3v) is 4.77. The molecule has 0 unspecified atom stereocenters. The molecule has 1 spiro atoms. The molecular weight excluding hydrogens is 298 g/mol. The predicted octanol–water partition coefficient (Wildman–Crippen LogP) is 0.921. The third-order valence-electron chi connectivity index (χ3n) is 4.77. The molecule has 2 amide bonds. The highest BCUT2D eigenvalue weighted by atomic mass is 16.5. The second-order valence-electron chi connectivity index (χ2n) is 6.81. The summed E-state index contributed by atoms with van der Waals surface area (Å²) >= 11 is 0. The van der Waals surface area contributed by atoms with Crippen LogP contribution >= 0.6 is 0 Å². The fraction of sp³-hybridized carbons (Fsp3) is 0.800. The van der Waals surface area contributed by atoms with E-state index in [1.54, 1.807) is 6.92 Å². The number of aromatic nitrogens is 2. The number of aryl methyl sites for hydroxylation is 1. The summed E-state index contributed by atoms with van der Waals surface area (Å²) in [7, 11) is 0. The average Bonchev–Trinajstić information content (AvgIpc) is 3.25. The van der Waals surface area contributed by atoms with E-state index in [9.17, 15) is 4.79 Å². The summed E-state index contributed by atoms with van der Waals surface area (Å²) in [6.45, 7) is 5.20. The summed E-state index contributed by atoms with van der Waals surface area (Å²) < 4.78 is 11.7. The zero-order valence-corrected chi connectivity index (χ0v) is 13.5. The van der Waals surface area contributed by atoms with E-state index in [0.29, 0.717) is 44.2 Å². The molecule has 8 nitrogen and oxygen atoms in total. The van der Waals surface area contributed by atoms with Gasteiger partial charge in [0.15, 0.2) is 0 Å². The van der Waals surface area contributed by atoms with Crippen LogP contribution in [0.5, 0.6) is 0 Å². The van der Waals surface area contributed by atoms with Crippen LogP contribution in [0.15, 0.2) is 4.42 Å². The molecule has 1 aliphatic carbocycles. The maximum atomic E-state index is 12.3. The largest absolute Gasteiger partial charge is 0.408 e. The lowest BCUT2D eigenvalue weighted by molar-refractivity contribution is -0.103. The van der Waals surface area contributed by atoms with Gasteiger partial charge in [-0.25, -0.2) is 4.79 Å². The van der Waals surface area contributed by atoms with Crippen molar-refractivity contribution in [2.75, 3.05) is 37.7 Å². The predicted molar refractivity (Wildman–Crippen MR) is 82.3 cm³/mol. The highest BCUT2D eigenvalue weighted by Crippen LogP contribution is 2.31. The first kappa shape index (κ1) is 14.7. The molecule has 0 aromatic carbocycles. The van der Waals surface area contributed by atoms with Crippen molar-refractivity contribution >= 4 is 12.0 Å². The van der Waals surface area contributed by atoms with Crippen LogP contribution in [0.25, 0.3) is 0 Å². The minimum atomic E-state index is -0.334. The van der Waals surface area contributed by atoms with Crippen LogP contribution < -0.4 is 10.2 Å². The molecule has 4 rings (SSSR count). The van der Waals surface area contributed by atoms with E-state index in [1.807, 2.05) is 4.90 Å². The molecule has 1 atom stereocenters. The lowest BCUT2D eigenvalue weighted by atomic mass is 9.91. The lowest BCUT2D eigenvalue weighted by Gasteiger charge is -2.47. The molecule has 8 heteroatoms. The zero-order chi connectivity index (χ0) is 15.9. The number of amides is 2. The van der Waals surface area contributed by atoms with Crippen molar-refractivity contribution in [1.29, 1.82) is 0 Å². The summed E-state index contributed by atoms with van der Waals surface area (Å²) in [5, 5.41) is 11.1. The molecule has 0 radical (unpaired) electrons. The number of hydrogen-bond acceptors (Lipinski definition) is 6. The van der Waals surface area contributed by atoms with Gasteiger partial charge in [0.1, 0.15) is 5.60 Å². The number of ether oxygens (including phenoxy) is 1. The quantitative estimate of drug-likeness (QED) is 0.872. The normalized spacial score (nSPS) is 28.2. The number of rotatable bonds is 2. The van der Waals surface area contributed by atoms with E-state index in [1.165, 1.54) is 0 Å². The minimum Gasteiger partial charge on any atom is -0.408 e. The molecule has 126 valence electrons. The van der Waals surface area contributed by atoms with Crippen molar-refractivity contribution in [3.8, 4) is 0 Å². The lowest BCUT2D eigenvalue weighted by Crippen LogP contribution is -2.62. The highest BCUT2D eigenvalue weighted by Gasteiger charge is 2.43. The number of carbonyl (C=O) groups excluding carboxylic acids is 1. The SMILES string of the molecule is Cc1nnc(N2CCC[C@@]3(CN(C(=O)NC4CC4)CCO3)C2)o1. The van der Waals surface area contributed by atoms with E-state index >= 15 is 0 Å². The second kappa shape index (κ2) is 5.67. The molecule has 23 heavy (non-hydrogen) atoms. The molecule has 0 bridgehead atoms. The fourth-order valence-electron chi connectivity index (χ4n) is 3.43. The first-order chi connectivity index (χ1) is 11.1. The Morgan fingerprint density at radius 1 is 1.30 bits per heavy atom. The van der Waals surface area contributed by atoms with Crippen molar-refractivity contribution in [1.82, 2.24) is 20.4 Å². The molecule has 2 aliphatic heterocycles. The maximum Gasteiger partial charge on any atom is 0.318 e. The number of anilines is 1. The molecule has 3 heterocycles. The molecule has 1 N–H and O–H groups in total. The number of piperidine rings is 1. The Morgan fingerprint density at radius 3 is 2.91 bits per heavy atom. The van der Waals surface area contributed by atoms with E-state index in [0.717, 1.165) is 32.2 Å². The molecule has 1 aromatic rings. The fourth-order valence-corrected chi connectivity index (χ4v) is 3.43. The van der Waals surface area contributed by atoms with Crippen LogP contribution in [0.1, 0.15) is 31.6 Å². The standard InChI is InChI=1S/C15H23N5O3/c1-11-17-18-14(23-11)20-6-2-5-15(10-20)9-19(7-8-22-15)13(21)16-12-3-4-12/h12H,2-10H2,1H3,(H,16,21)/t15-/m1/s1. The van der Waals surface area contributed by atoms with Crippen molar-refractivity contribution in [2.45, 2.75) is 44.2 Å². The average molecular weight is 321 g/mol. The van der Waals surface area contributed by atoms with Crippen molar-refractivity contribution < 1.29 is 13.9 Å². The molecule has 1 aromatic heterocycles. The molecule has 2 saturated heterocycles. The number of urea groups is 1. The molecular formula is C15H23N5O3. The summed E-state index contributed by atoms with van der Waals surface area (Å²) in [5.41, 5.74) is -0.334. The van der Waals surface area contributed by atoms with Gasteiger partial charge >= 0.3 is 12.0 Å². The Balaban J connectivity index is 1.44. The van der Waals surface area contributed by atoms with Crippen molar-refractivity contribution in [3.05, 3.63) is 5.89 Å². The van der Waals surface area contributed by atoms with Gasteiger partial charge in [0.05, 0.1) is 19.7 Å². The number of hydrogen-bond donors (Lipinski definition) is 1. The van der Waals surface area contributed by atoms with Crippen LogP contribution in [-0.2, 0) is 4.74 Å². The number of nitrogens with one attached hydrogen (secondary N) is 1. The van der Waals surface area contributed by atoms with Crippen LogP contribution in [0, 0.1) is 6.92 Å². The van der Waals surface area contributed by atoms with Gasteiger partial charge in [0.2, 0.25) is 5.89 Å². The summed E-state index contributed by atoms with van der Waals surface area (Å²) in [6, 6.07) is 0.969. The van der Waals surface area contributed by atoms with E-state index in [2.05, 4.69) is 20.4 Å². The minimum absolute atomic E-state index is 0.0425. The van der Waals surface area contributed by atoms with Gasteiger partial charge in [-0.1, -0.05) is 5.10 Å². The Hall–Kier alpha value is -1.83. The number of morpholine rings is 1. The number of carbonyl (C=O) groups is 1. The van der Waals surface area contributed by atoms with Gasteiger partial charge in [-0.3, -0.25) is 0 Å². The van der Waals surface area contributed by atoms with Gasteiger partial charge in [-0.05, 0) is 25.7 Å². The van der Waals surface area contributed by atoms with E-state index < -0.39 is 0 Å². The first-order valence-corrected chi connectivity index (χ1v) is 8.38. The smallest absolute Gasteiger partial charge is 0.318 e. The topological polar surface area (TPSA) is 83.7 Å². The molecule has 3 fully saturated rings. The Labute approximate surface area is 135 Å². The van der Waals surface area contributed by atoms with Gasteiger partial charge in [0.25, 0.3) is 0 Å². The van der Waals surface area contributed by atoms with Gasteiger partial charge in [-0.2, -0.15) is 0 Å². The van der Waals surface area contributed by atoms with Gasteiger partial charge < -0.3 is 24.3 Å². The maximum absolute atomic E-state index is 12.3. The zero-order valence-electron chi connectivity index (χ0n) is 13.5. The number of nitrogens with zero attached hydrogens (tertiary/aromatic N) is 4. The monoisotopic (exact) mass is 321 g/mol. The second-order valence-corrected chi connectivity index (χ2v) is 6.81. The van der Waals surface area contributed by atoms with Crippen molar-refractivity contribution in [3.63, 3.8) is 0 Å². The van der Waals surface area contributed by atoms with E-state index in [-0.39, 0.29) is 11.6 Å². The summed E-state index contributed by atoms with van der Waals surface area (Å²) in [4.78, 5) is 16.3. The Bertz CT molecular complexity index is 583. The third kappa shape index (κ3) is 3.12. The highest BCUT2D eigenvalue weighted by molar-refractivity contribution is 5.75. The van der Waals surface area contributed by atoms with Crippen LogP contribution in [0.4, 0.5) is 10.8 Å². The van der Waals surface area contributed by atoms with E-state index in [4.69, 9.17) is 9.15 Å². The molecule has 1 saturated carbocycles. The van der Waals surface area contributed by atoms with Gasteiger partial charge in [0, 0.05) is 26.1 Å². The van der Waals surface area contributed by atoms with Crippen molar-refractivity contribution in [2.24, 2.45) is 0 Å². The molecule has 3 aliphatic rings. The first-order valence-electron chi connectivity index (χ1n) is 8.38. The van der Waals surface area contributed by atoms with Gasteiger partial charge in [-0.15, -0.1) is 5.10 Å². The summed E-state index contributed by atoms with van der Waals surface area (Å²) in [6.07, 6.45) is 4.14. The Kier molecular flexibility index (Phi) is 3.63. The Morgan fingerprint density at radius 2 is 2.17 bits per heavy atom. The van der Waals surface area contributed by atoms with Crippen LogP contribution in [0.3, 0.4) is 0 Å². The summed E-state index contributed by atoms with van der Waals surface area (Å²) in [5.74, 6) is 0.564.